The van der Waals surface area contributed by atoms with Gasteiger partial charge in [0.1, 0.15) is 0 Å². The SMILES string of the molecule is O=C(O)c1ncn2c1CNc1ccccc1C2. The Bertz CT molecular complexity index is 589. The van der Waals surface area contributed by atoms with Crippen LogP contribution in [0.4, 0.5) is 5.69 Å². The molecule has 2 aromatic rings. The highest BCUT2D eigenvalue weighted by Gasteiger charge is 2.20. The third kappa shape index (κ3) is 1.56. The molecule has 1 aliphatic rings. The maximum atomic E-state index is 11.0. The number of imidazole rings is 1. The van der Waals surface area contributed by atoms with Gasteiger partial charge in [0.2, 0.25) is 0 Å². The van der Waals surface area contributed by atoms with E-state index in [2.05, 4.69) is 10.3 Å². The van der Waals surface area contributed by atoms with Gasteiger partial charge in [-0.1, -0.05) is 18.2 Å². The van der Waals surface area contributed by atoms with Crippen LogP contribution in [0.2, 0.25) is 0 Å². The quantitative estimate of drug-likeness (QED) is 0.778. The van der Waals surface area contributed by atoms with Crippen LogP contribution < -0.4 is 5.32 Å². The number of carboxylic acid groups (broad SMARTS) is 1. The fourth-order valence-corrected chi connectivity index (χ4v) is 2.10. The number of anilines is 1. The maximum absolute atomic E-state index is 11.0. The Hall–Kier alpha value is -2.30. The van der Waals surface area contributed by atoms with Crippen molar-refractivity contribution in [3.63, 3.8) is 0 Å². The summed E-state index contributed by atoms with van der Waals surface area (Å²) in [6, 6.07) is 7.96. The predicted molar refractivity (Wildman–Crippen MR) is 62.1 cm³/mol. The first-order chi connectivity index (χ1) is 8.25. The lowest BCUT2D eigenvalue weighted by Gasteiger charge is -2.05. The van der Waals surface area contributed by atoms with Crippen molar-refractivity contribution in [1.29, 1.82) is 0 Å². The largest absolute Gasteiger partial charge is 0.476 e. The molecule has 0 atom stereocenters. The van der Waals surface area contributed by atoms with Gasteiger partial charge in [-0.3, -0.25) is 0 Å². The molecule has 0 saturated heterocycles. The molecular weight excluding hydrogens is 218 g/mol. The van der Waals surface area contributed by atoms with Gasteiger partial charge >= 0.3 is 5.97 Å². The number of hydrogen-bond donors (Lipinski definition) is 2. The number of nitrogens with zero attached hydrogens (tertiary/aromatic N) is 2. The van der Waals surface area contributed by atoms with Gasteiger partial charge in [0.05, 0.1) is 25.1 Å². The minimum absolute atomic E-state index is 0.130. The highest BCUT2D eigenvalue weighted by Crippen LogP contribution is 2.23. The van der Waals surface area contributed by atoms with Crippen molar-refractivity contribution in [2.45, 2.75) is 13.1 Å². The molecule has 0 amide bonds. The van der Waals surface area contributed by atoms with Crippen molar-refractivity contribution in [3.8, 4) is 0 Å². The van der Waals surface area contributed by atoms with E-state index in [1.165, 1.54) is 0 Å². The van der Waals surface area contributed by atoms with E-state index in [-0.39, 0.29) is 5.69 Å². The van der Waals surface area contributed by atoms with Gasteiger partial charge in [-0.25, -0.2) is 9.78 Å². The summed E-state index contributed by atoms with van der Waals surface area (Å²) in [6.45, 7) is 1.14. The van der Waals surface area contributed by atoms with E-state index in [1.54, 1.807) is 6.33 Å². The number of para-hydroxylation sites is 1. The van der Waals surface area contributed by atoms with Crippen LogP contribution in [0, 0.1) is 0 Å². The standard InChI is InChI=1S/C12H11N3O2/c16-12(17)11-10-5-13-9-4-2-1-3-8(9)6-15(10)7-14-11/h1-4,7,13H,5-6H2,(H,16,17). The average molecular weight is 229 g/mol. The maximum Gasteiger partial charge on any atom is 0.356 e. The second kappa shape index (κ2) is 3.62. The highest BCUT2D eigenvalue weighted by molar-refractivity contribution is 5.86. The summed E-state index contributed by atoms with van der Waals surface area (Å²) in [6.07, 6.45) is 1.59. The molecule has 1 aromatic carbocycles. The molecule has 0 aliphatic carbocycles. The van der Waals surface area contributed by atoms with Crippen LogP contribution >= 0.6 is 0 Å². The van der Waals surface area contributed by atoms with E-state index < -0.39 is 5.97 Å². The molecule has 86 valence electrons. The summed E-state index contributed by atoms with van der Waals surface area (Å²) in [7, 11) is 0. The smallest absolute Gasteiger partial charge is 0.356 e. The first-order valence-corrected chi connectivity index (χ1v) is 5.35. The Morgan fingerprint density at radius 3 is 3.06 bits per heavy atom. The van der Waals surface area contributed by atoms with Crippen LogP contribution in [-0.4, -0.2) is 20.6 Å². The molecule has 5 heteroatoms. The summed E-state index contributed by atoms with van der Waals surface area (Å²) in [5.74, 6) is -0.980. The van der Waals surface area contributed by atoms with Crippen LogP contribution in [0.5, 0.6) is 0 Å². The molecule has 5 nitrogen and oxygen atoms in total. The van der Waals surface area contributed by atoms with Crippen molar-refractivity contribution >= 4 is 11.7 Å². The molecule has 2 heterocycles. The molecule has 0 radical (unpaired) electrons. The molecule has 1 aliphatic heterocycles. The first kappa shape index (κ1) is 9.89. The fourth-order valence-electron chi connectivity index (χ4n) is 2.10. The number of aromatic nitrogens is 2. The first-order valence-electron chi connectivity index (χ1n) is 5.35. The highest BCUT2D eigenvalue weighted by atomic mass is 16.4. The number of rotatable bonds is 1. The minimum Gasteiger partial charge on any atom is -0.476 e. The Morgan fingerprint density at radius 2 is 2.24 bits per heavy atom. The van der Waals surface area contributed by atoms with Gasteiger partial charge in [0.25, 0.3) is 0 Å². The fraction of sp³-hybridized carbons (Fsp3) is 0.167. The molecule has 1 aromatic heterocycles. The summed E-state index contributed by atoms with van der Waals surface area (Å²) in [5, 5.41) is 12.3. The number of fused-ring (bicyclic) bond motifs is 2. The van der Waals surface area contributed by atoms with Gasteiger partial charge in [0.15, 0.2) is 5.69 Å². The van der Waals surface area contributed by atoms with Crippen LogP contribution in [0.25, 0.3) is 0 Å². The van der Waals surface area contributed by atoms with E-state index in [0.29, 0.717) is 18.8 Å². The van der Waals surface area contributed by atoms with Crippen molar-refractivity contribution in [2.75, 3.05) is 5.32 Å². The lowest BCUT2D eigenvalue weighted by molar-refractivity contribution is 0.0689. The van der Waals surface area contributed by atoms with Crippen LogP contribution in [-0.2, 0) is 13.1 Å². The topological polar surface area (TPSA) is 67.1 Å². The lowest BCUT2D eigenvalue weighted by Crippen LogP contribution is -2.08. The minimum atomic E-state index is -0.980. The number of carbonyl (C=O) groups is 1. The third-order valence-electron chi connectivity index (χ3n) is 2.95. The van der Waals surface area contributed by atoms with E-state index in [4.69, 9.17) is 5.11 Å². The summed E-state index contributed by atoms with van der Waals surface area (Å²) < 4.78 is 1.88. The predicted octanol–water partition coefficient (Wildman–Crippen LogP) is 1.56. The average Bonchev–Trinajstić information content (AvgIpc) is 2.63. The summed E-state index contributed by atoms with van der Waals surface area (Å²) >= 11 is 0. The Labute approximate surface area is 97.7 Å². The van der Waals surface area contributed by atoms with Gasteiger partial charge in [0, 0.05) is 5.69 Å². The van der Waals surface area contributed by atoms with Crippen LogP contribution in [0.15, 0.2) is 30.6 Å². The zero-order valence-electron chi connectivity index (χ0n) is 9.05. The van der Waals surface area contributed by atoms with Gasteiger partial charge < -0.3 is 15.0 Å². The number of benzene rings is 1. The van der Waals surface area contributed by atoms with Crippen molar-refractivity contribution < 1.29 is 9.90 Å². The molecule has 0 fully saturated rings. The normalized spacial score (nSPS) is 13.2. The Kier molecular flexibility index (Phi) is 2.11. The molecule has 0 bridgehead atoms. The molecular formula is C12H11N3O2. The van der Waals surface area contributed by atoms with E-state index >= 15 is 0 Å². The second-order valence-corrected chi connectivity index (χ2v) is 3.98. The van der Waals surface area contributed by atoms with Gasteiger partial charge in [-0.15, -0.1) is 0 Å². The lowest BCUT2D eigenvalue weighted by atomic mass is 10.2. The number of carboxylic acids is 1. The van der Waals surface area contributed by atoms with E-state index in [9.17, 15) is 4.79 Å². The van der Waals surface area contributed by atoms with Crippen molar-refractivity contribution in [3.05, 3.63) is 47.5 Å². The van der Waals surface area contributed by atoms with Gasteiger partial charge in [-0.2, -0.15) is 0 Å². The van der Waals surface area contributed by atoms with Crippen molar-refractivity contribution in [2.24, 2.45) is 0 Å². The summed E-state index contributed by atoms with van der Waals surface area (Å²) in [4.78, 5) is 15.0. The molecule has 0 unspecified atom stereocenters. The summed E-state index contributed by atoms with van der Waals surface area (Å²) in [5.41, 5.74) is 3.03. The van der Waals surface area contributed by atoms with Crippen molar-refractivity contribution in [1.82, 2.24) is 9.55 Å². The molecule has 2 N–H and O–H groups in total. The van der Waals surface area contributed by atoms with Crippen LogP contribution in [0.3, 0.4) is 0 Å². The van der Waals surface area contributed by atoms with E-state index in [0.717, 1.165) is 11.3 Å². The molecule has 3 rings (SSSR count). The third-order valence-corrected chi connectivity index (χ3v) is 2.95. The molecule has 17 heavy (non-hydrogen) atoms. The zero-order valence-corrected chi connectivity index (χ0v) is 9.05. The Morgan fingerprint density at radius 1 is 1.41 bits per heavy atom. The number of aromatic carboxylic acids is 1. The second-order valence-electron chi connectivity index (χ2n) is 3.98. The van der Waals surface area contributed by atoms with Crippen LogP contribution in [0.1, 0.15) is 21.7 Å². The molecule has 0 spiro atoms. The Balaban J connectivity index is 2.07. The zero-order chi connectivity index (χ0) is 11.8. The molecule has 0 saturated carbocycles. The van der Waals surface area contributed by atoms with Gasteiger partial charge in [-0.05, 0) is 11.6 Å². The monoisotopic (exact) mass is 229 g/mol. The number of nitrogens with one attached hydrogen (secondary N) is 1. The number of hydrogen-bond acceptors (Lipinski definition) is 3. The van der Waals surface area contributed by atoms with E-state index in [1.807, 2.05) is 28.8 Å².